The van der Waals surface area contributed by atoms with Crippen molar-refractivity contribution in [2.24, 2.45) is 11.8 Å². The highest BCUT2D eigenvalue weighted by Crippen LogP contribution is 2.34. The van der Waals surface area contributed by atoms with Crippen molar-refractivity contribution in [3.05, 3.63) is 33.9 Å². The van der Waals surface area contributed by atoms with Crippen LogP contribution in [0.4, 0.5) is 11.4 Å². The Morgan fingerprint density at radius 1 is 1.58 bits per heavy atom. The van der Waals surface area contributed by atoms with Crippen molar-refractivity contribution in [3.63, 3.8) is 0 Å². The van der Waals surface area contributed by atoms with E-state index in [2.05, 4.69) is 17.7 Å². The topological polar surface area (TPSA) is 110 Å². The molecule has 1 saturated carbocycles. The first kappa shape index (κ1) is 13.3. The van der Waals surface area contributed by atoms with E-state index in [1.54, 1.807) is 0 Å². The number of hydrazine groups is 1. The Bertz CT molecular complexity index is 518. The third kappa shape index (κ3) is 2.82. The molecule has 0 aromatic heterocycles. The molecule has 1 amide bonds. The van der Waals surface area contributed by atoms with Gasteiger partial charge in [0.05, 0.1) is 4.92 Å². The van der Waals surface area contributed by atoms with Gasteiger partial charge in [-0.15, -0.1) is 0 Å². The first-order valence-corrected chi connectivity index (χ1v) is 6.12. The Morgan fingerprint density at radius 3 is 2.84 bits per heavy atom. The lowest BCUT2D eigenvalue weighted by Gasteiger charge is -2.07. The van der Waals surface area contributed by atoms with Crippen molar-refractivity contribution in [2.45, 2.75) is 25.8 Å². The van der Waals surface area contributed by atoms with Gasteiger partial charge in [0.25, 0.3) is 11.6 Å². The molecule has 0 bridgehead atoms. The zero-order valence-electron chi connectivity index (χ0n) is 10.6. The number of rotatable bonds is 5. The van der Waals surface area contributed by atoms with Crippen LogP contribution in [-0.4, -0.2) is 16.9 Å². The van der Waals surface area contributed by atoms with Crippen LogP contribution < -0.4 is 16.6 Å². The number of hydrogen-bond donors (Lipinski definition) is 3. The van der Waals surface area contributed by atoms with Gasteiger partial charge in [0, 0.05) is 17.8 Å². The van der Waals surface area contributed by atoms with Crippen LogP contribution in [0.5, 0.6) is 0 Å². The normalized spacial score (nSPS) is 20.7. The summed E-state index contributed by atoms with van der Waals surface area (Å²) < 4.78 is 0. The summed E-state index contributed by atoms with van der Waals surface area (Å²) >= 11 is 0. The summed E-state index contributed by atoms with van der Waals surface area (Å²) in [5.41, 5.74) is 2.64. The van der Waals surface area contributed by atoms with E-state index in [0.717, 1.165) is 12.8 Å². The molecule has 1 aliphatic rings. The van der Waals surface area contributed by atoms with Crippen LogP contribution in [0.25, 0.3) is 0 Å². The molecule has 1 fully saturated rings. The summed E-state index contributed by atoms with van der Waals surface area (Å²) in [6.45, 7) is 2.05. The number of nitro benzene ring substituents is 1. The van der Waals surface area contributed by atoms with Gasteiger partial charge in [-0.1, -0.05) is 13.3 Å². The molecule has 1 aromatic rings. The van der Waals surface area contributed by atoms with Gasteiger partial charge in [0.1, 0.15) is 5.56 Å². The zero-order chi connectivity index (χ0) is 14.0. The minimum absolute atomic E-state index is 0.0298. The molecule has 0 radical (unpaired) electrons. The van der Waals surface area contributed by atoms with Crippen molar-refractivity contribution in [1.82, 2.24) is 5.32 Å². The summed E-state index contributed by atoms with van der Waals surface area (Å²) in [5, 5.41) is 13.7. The number of carbonyl (C=O) groups is 1. The molecule has 0 spiro atoms. The lowest BCUT2D eigenvalue weighted by molar-refractivity contribution is -0.385. The largest absolute Gasteiger partial charge is 0.349 e. The zero-order valence-corrected chi connectivity index (χ0v) is 10.6. The first-order valence-electron chi connectivity index (χ1n) is 6.12. The molecule has 102 valence electrons. The van der Waals surface area contributed by atoms with Gasteiger partial charge in [-0.05, 0) is 24.5 Å². The molecule has 1 aliphatic carbocycles. The lowest BCUT2D eigenvalue weighted by atomic mass is 10.1. The molecule has 19 heavy (non-hydrogen) atoms. The molecule has 7 heteroatoms. The van der Waals surface area contributed by atoms with Gasteiger partial charge in [-0.3, -0.25) is 20.8 Å². The average molecular weight is 264 g/mol. The second kappa shape index (κ2) is 5.23. The average Bonchev–Trinajstić information content (AvgIpc) is 3.16. The summed E-state index contributed by atoms with van der Waals surface area (Å²) in [4.78, 5) is 22.4. The molecule has 7 nitrogen and oxygen atoms in total. The molecule has 2 unspecified atom stereocenters. The standard InChI is InChI=1S/C12H16N4O3/c1-2-7-5-10(7)14-12(17)9-6-8(15-13)3-4-11(9)16(18)19/h3-4,6-7,10,15H,2,5,13H2,1H3,(H,14,17). The Kier molecular flexibility index (Phi) is 3.66. The van der Waals surface area contributed by atoms with Gasteiger partial charge < -0.3 is 10.7 Å². The van der Waals surface area contributed by atoms with Crippen molar-refractivity contribution >= 4 is 17.3 Å². The monoisotopic (exact) mass is 264 g/mol. The highest BCUT2D eigenvalue weighted by Gasteiger charge is 2.37. The molecule has 0 saturated heterocycles. The molecule has 0 heterocycles. The predicted molar refractivity (Wildman–Crippen MR) is 70.6 cm³/mol. The summed E-state index contributed by atoms with van der Waals surface area (Å²) in [6, 6.07) is 4.25. The number of amides is 1. The van der Waals surface area contributed by atoms with E-state index >= 15 is 0 Å². The van der Waals surface area contributed by atoms with E-state index in [-0.39, 0.29) is 17.3 Å². The number of hydrogen-bond acceptors (Lipinski definition) is 5. The number of anilines is 1. The first-order chi connectivity index (χ1) is 9.06. The van der Waals surface area contributed by atoms with Crippen molar-refractivity contribution in [1.29, 1.82) is 0 Å². The lowest BCUT2D eigenvalue weighted by Crippen LogP contribution is -2.27. The molecule has 2 rings (SSSR count). The Balaban J connectivity index is 2.21. The predicted octanol–water partition coefficient (Wildman–Crippen LogP) is 1.41. The smallest absolute Gasteiger partial charge is 0.282 e. The van der Waals surface area contributed by atoms with E-state index in [1.165, 1.54) is 18.2 Å². The van der Waals surface area contributed by atoms with Crippen LogP contribution in [-0.2, 0) is 0 Å². The van der Waals surface area contributed by atoms with E-state index in [0.29, 0.717) is 11.6 Å². The van der Waals surface area contributed by atoms with E-state index in [4.69, 9.17) is 5.84 Å². The fourth-order valence-electron chi connectivity index (χ4n) is 2.09. The fraction of sp³-hybridized carbons (Fsp3) is 0.417. The maximum absolute atomic E-state index is 12.1. The third-order valence-corrected chi connectivity index (χ3v) is 3.37. The maximum Gasteiger partial charge on any atom is 0.282 e. The van der Waals surface area contributed by atoms with Crippen LogP contribution in [0, 0.1) is 16.0 Å². The molecule has 0 aliphatic heterocycles. The number of nitro groups is 1. The number of benzene rings is 1. The van der Waals surface area contributed by atoms with Crippen LogP contribution in [0.15, 0.2) is 18.2 Å². The highest BCUT2D eigenvalue weighted by atomic mass is 16.6. The Hall–Kier alpha value is -2.15. The van der Waals surface area contributed by atoms with Crippen molar-refractivity contribution in [3.8, 4) is 0 Å². The summed E-state index contributed by atoms with van der Waals surface area (Å²) in [6.07, 6.45) is 1.93. The summed E-state index contributed by atoms with van der Waals surface area (Å²) in [5.74, 6) is 5.31. The number of nitrogens with zero attached hydrogens (tertiary/aromatic N) is 1. The Morgan fingerprint density at radius 2 is 2.32 bits per heavy atom. The molecular weight excluding hydrogens is 248 g/mol. The highest BCUT2D eigenvalue weighted by molar-refractivity contribution is 5.99. The van der Waals surface area contributed by atoms with Crippen LogP contribution in [0.2, 0.25) is 0 Å². The number of nitrogens with two attached hydrogens (primary N) is 1. The number of nitrogen functional groups attached to an aromatic ring is 1. The van der Waals surface area contributed by atoms with Crippen molar-refractivity contribution < 1.29 is 9.72 Å². The fourth-order valence-corrected chi connectivity index (χ4v) is 2.09. The van der Waals surface area contributed by atoms with Crippen LogP contribution in [0.3, 0.4) is 0 Å². The van der Waals surface area contributed by atoms with Crippen molar-refractivity contribution in [2.75, 3.05) is 5.43 Å². The Labute approximate surface area is 110 Å². The summed E-state index contributed by atoms with van der Waals surface area (Å²) in [7, 11) is 0. The number of carbonyl (C=O) groups excluding carboxylic acids is 1. The molecule has 4 N–H and O–H groups in total. The molecule has 2 atom stereocenters. The van der Waals surface area contributed by atoms with Gasteiger partial charge in [-0.2, -0.15) is 0 Å². The molecule has 1 aromatic carbocycles. The second-order valence-electron chi connectivity index (χ2n) is 4.62. The van der Waals surface area contributed by atoms with Gasteiger partial charge in [-0.25, -0.2) is 0 Å². The van der Waals surface area contributed by atoms with E-state index < -0.39 is 10.8 Å². The van der Waals surface area contributed by atoms with Gasteiger partial charge >= 0.3 is 0 Å². The molecular formula is C12H16N4O3. The minimum atomic E-state index is -0.570. The number of nitrogens with one attached hydrogen (secondary N) is 2. The van der Waals surface area contributed by atoms with Crippen LogP contribution >= 0.6 is 0 Å². The SMILES string of the molecule is CCC1CC1NC(=O)c1cc(NN)ccc1[N+](=O)[O-]. The minimum Gasteiger partial charge on any atom is -0.349 e. The van der Waals surface area contributed by atoms with E-state index in [1.807, 2.05) is 0 Å². The van der Waals surface area contributed by atoms with E-state index in [9.17, 15) is 14.9 Å². The third-order valence-electron chi connectivity index (χ3n) is 3.37. The maximum atomic E-state index is 12.1. The second-order valence-corrected chi connectivity index (χ2v) is 4.62. The quantitative estimate of drug-likeness (QED) is 0.423. The van der Waals surface area contributed by atoms with Gasteiger partial charge in [0.2, 0.25) is 0 Å². The van der Waals surface area contributed by atoms with Crippen LogP contribution in [0.1, 0.15) is 30.1 Å². The van der Waals surface area contributed by atoms with Gasteiger partial charge in [0.15, 0.2) is 0 Å².